The van der Waals surface area contributed by atoms with Crippen molar-refractivity contribution in [2.45, 2.75) is 26.0 Å². The first-order valence-corrected chi connectivity index (χ1v) is 8.03. The number of methoxy groups -OCH3 is 2. The van der Waals surface area contributed by atoms with Crippen molar-refractivity contribution in [3.63, 3.8) is 0 Å². The van der Waals surface area contributed by atoms with Crippen molar-refractivity contribution in [3.8, 4) is 17.1 Å². The highest BCUT2D eigenvalue weighted by molar-refractivity contribution is 14.0. The fraction of sp³-hybridized carbons (Fsp3) is 0.471. The number of benzene rings is 1. The van der Waals surface area contributed by atoms with Gasteiger partial charge in [0.2, 0.25) is 0 Å². The SMILES string of the molecule is CN=C(NCc1nc(-c2ccc(OC)cc2)n[nH]1)NCC(C)(C)OC.I. The Morgan fingerprint density at radius 3 is 2.46 bits per heavy atom. The monoisotopic (exact) mass is 474 g/mol. The summed E-state index contributed by atoms with van der Waals surface area (Å²) in [4.78, 5) is 8.68. The number of nitrogens with zero attached hydrogens (tertiary/aromatic N) is 3. The van der Waals surface area contributed by atoms with Gasteiger partial charge in [0.1, 0.15) is 11.6 Å². The zero-order valence-corrected chi connectivity index (χ0v) is 18.1. The summed E-state index contributed by atoms with van der Waals surface area (Å²) >= 11 is 0. The molecule has 26 heavy (non-hydrogen) atoms. The molecule has 0 spiro atoms. The lowest BCUT2D eigenvalue weighted by atomic mass is 10.1. The highest BCUT2D eigenvalue weighted by atomic mass is 127. The molecule has 9 heteroatoms. The van der Waals surface area contributed by atoms with E-state index in [4.69, 9.17) is 9.47 Å². The molecule has 8 nitrogen and oxygen atoms in total. The average molecular weight is 474 g/mol. The zero-order valence-electron chi connectivity index (χ0n) is 15.8. The van der Waals surface area contributed by atoms with Crippen molar-refractivity contribution in [3.05, 3.63) is 30.1 Å². The van der Waals surface area contributed by atoms with Gasteiger partial charge < -0.3 is 20.1 Å². The minimum Gasteiger partial charge on any atom is -0.497 e. The van der Waals surface area contributed by atoms with Gasteiger partial charge >= 0.3 is 0 Å². The van der Waals surface area contributed by atoms with Crippen LogP contribution in [0.5, 0.6) is 5.75 Å². The molecule has 1 heterocycles. The first-order chi connectivity index (χ1) is 12.0. The van der Waals surface area contributed by atoms with Crippen LogP contribution < -0.4 is 15.4 Å². The maximum atomic E-state index is 5.38. The molecule has 0 fully saturated rings. The fourth-order valence-electron chi connectivity index (χ4n) is 2.00. The number of aromatic amines is 1. The number of ether oxygens (including phenoxy) is 2. The molecule has 0 saturated heterocycles. The Morgan fingerprint density at radius 2 is 1.88 bits per heavy atom. The number of H-pyrrole nitrogens is 1. The first-order valence-electron chi connectivity index (χ1n) is 8.03. The number of nitrogens with one attached hydrogen (secondary N) is 3. The summed E-state index contributed by atoms with van der Waals surface area (Å²) in [6, 6.07) is 7.61. The first kappa shape index (κ1) is 22.2. The van der Waals surface area contributed by atoms with Gasteiger partial charge in [-0.2, -0.15) is 5.10 Å². The number of halogens is 1. The summed E-state index contributed by atoms with van der Waals surface area (Å²) in [7, 11) is 5.05. The Hall–Kier alpha value is -1.88. The van der Waals surface area contributed by atoms with Crippen LogP contribution in [0.2, 0.25) is 0 Å². The number of aliphatic imine (C=N–C) groups is 1. The molecular weight excluding hydrogens is 447 g/mol. The lowest BCUT2D eigenvalue weighted by Crippen LogP contribution is -2.45. The van der Waals surface area contributed by atoms with Crippen LogP contribution >= 0.6 is 24.0 Å². The Morgan fingerprint density at radius 1 is 1.19 bits per heavy atom. The van der Waals surface area contributed by atoms with Gasteiger partial charge in [0.15, 0.2) is 11.8 Å². The van der Waals surface area contributed by atoms with E-state index in [2.05, 4.69) is 30.8 Å². The van der Waals surface area contributed by atoms with Crippen molar-refractivity contribution in [2.75, 3.05) is 27.8 Å². The highest BCUT2D eigenvalue weighted by Gasteiger charge is 2.16. The molecule has 0 aliphatic rings. The third-order valence-electron chi connectivity index (χ3n) is 3.76. The van der Waals surface area contributed by atoms with E-state index in [1.165, 1.54) is 0 Å². The average Bonchev–Trinajstić information content (AvgIpc) is 3.11. The van der Waals surface area contributed by atoms with Crippen LogP contribution in [-0.4, -0.2) is 54.6 Å². The molecule has 0 bridgehead atoms. The molecular formula is C17H27IN6O2. The van der Waals surface area contributed by atoms with Crippen molar-refractivity contribution in [1.82, 2.24) is 25.8 Å². The van der Waals surface area contributed by atoms with E-state index in [0.29, 0.717) is 24.9 Å². The second-order valence-corrected chi connectivity index (χ2v) is 6.08. The number of guanidine groups is 1. The molecule has 0 unspecified atom stereocenters. The highest BCUT2D eigenvalue weighted by Crippen LogP contribution is 2.18. The summed E-state index contributed by atoms with van der Waals surface area (Å²) in [5, 5.41) is 13.6. The minimum absolute atomic E-state index is 0. The van der Waals surface area contributed by atoms with E-state index in [1.54, 1.807) is 21.3 Å². The number of rotatable bonds is 7. The van der Waals surface area contributed by atoms with Crippen LogP contribution in [0.15, 0.2) is 29.3 Å². The Bertz CT molecular complexity index is 700. The van der Waals surface area contributed by atoms with Crippen LogP contribution in [0.4, 0.5) is 0 Å². The predicted molar refractivity (Wildman–Crippen MR) is 113 cm³/mol. The fourth-order valence-corrected chi connectivity index (χ4v) is 2.00. The Labute approximate surface area is 171 Å². The van der Waals surface area contributed by atoms with E-state index < -0.39 is 0 Å². The van der Waals surface area contributed by atoms with Crippen molar-refractivity contribution < 1.29 is 9.47 Å². The van der Waals surface area contributed by atoms with E-state index in [9.17, 15) is 0 Å². The summed E-state index contributed by atoms with van der Waals surface area (Å²) in [5.74, 6) is 2.84. The molecule has 1 aromatic carbocycles. The Kier molecular flexibility index (Phi) is 8.79. The maximum Gasteiger partial charge on any atom is 0.191 e. The number of hydrogen-bond donors (Lipinski definition) is 3. The van der Waals surface area contributed by atoms with Gasteiger partial charge in [-0.3, -0.25) is 10.1 Å². The van der Waals surface area contributed by atoms with Crippen LogP contribution in [0.3, 0.4) is 0 Å². The lowest BCUT2D eigenvalue weighted by molar-refractivity contribution is 0.0268. The van der Waals surface area contributed by atoms with E-state index in [0.717, 1.165) is 17.1 Å². The van der Waals surface area contributed by atoms with Gasteiger partial charge in [0.25, 0.3) is 0 Å². The van der Waals surface area contributed by atoms with Gasteiger partial charge in [-0.1, -0.05) is 0 Å². The van der Waals surface area contributed by atoms with Gasteiger partial charge in [-0.05, 0) is 38.1 Å². The summed E-state index contributed by atoms with van der Waals surface area (Å²) in [6.45, 7) is 5.13. The van der Waals surface area contributed by atoms with Gasteiger partial charge in [-0.15, -0.1) is 24.0 Å². The molecule has 1 aromatic heterocycles. The molecule has 0 amide bonds. The minimum atomic E-state index is -0.272. The van der Waals surface area contributed by atoms with E-state index in [-0.39, 0.29) is 29.6 Å². The normalized spacial score (nSPS) is 11.7. The summed E-state index contributed by atoms with van der Waals surface area (Å²) < 4.78 is 10.5. The molecule has 3 N–H and O–H groups in total. The van der Waals surface area contributed by atoms with Crippen LogP contribution in [-0.2, 0) is 11.3 Å². The third kappa shape index (κ3) is 6.45. The van der Waals surface area contributed by atoms with Crippen LogP contribution in [0.1, 0.15) is 19.7 Å². The topological polar surface area (TPSA) is 96.5 Å². The molecule has 0 saturated carbocycles. The standard InChI is InChI=1S/C17H26N6O2.HI/c1-17(2,25-5)11-20-16(18-3)19-10-14-21-15(23-22-14)12-6-8-13(24-4)9-7-12;/h6-9H,10-11H2,1-5H3,(H2,18,19,20)(H,21,22,23);1H. The Balaban J connectivity index is 0.00000338. The van der Waals surface area contributed by atoms with Crippen molar-refractivity contribution >= 4 is 29.9 Å². The van der Waals surface area contributed by atoms with Crippen LogP contribution in [0, 0.1) is 0 Å². The molecule has 0 atom stereocenters. The maximum absolute atomic E-state index is 5.38. The molecule has 0 radical (unpaired) electrons. The number of aromatic nitrogens is 3. The summed E-state index contributed by atoms with van der Waals surface area (Å²) in [6.07, 6.45) is 0. The van der Waals surface area contributed by atoms with Crippen molar-refractivity contribution in [2.24, 2.45) is 4.99 Å². The third-order valence-corrected chi connectivity index (χ3v) is 3.76. The van der Waals surface area contributed by atoms with Crippen LogP contribution in [0.25, 0.3) is 11.4 Å². The predicted octanol–water partition coefficient (Wildman–Crippen LogP) is 2.19. The largest absolute Gasteiger partial charge is 0.497 e. The second-order valence-electron chi connectivity index (χ2n) is 6.08. The van der Waals surface area contributed by atoms with Gasteiger partial charge in [0.05, 0.1) is 19.3 Å². The van der Waals surface area contributed by atoms with Gasteiger partial charge in [-0.25, -0.2) is 4.98 Å². The summed E-state index contributed by atoms with van der Waals surface area (Å²) in [5.41, 5.74) is 0.651. The molecule has 144 valence electrons. The lowest BCUT2D eigenvalue weighted by Gasteiger charge is -2.24. The second kappa shape index (κ2) is 10.3. The zero-order chi connectivity index (χ0) is 18.3. The molecule has 0 aliphatic carbocycles. The quantitative estimate of drug-likeness (QED) is 0.324. The number of hydrogen-bond acceptors (Lipinski definition) is 5. The van der Waals surface area contributed by atoms with E-state index in [1.807, 2.05) is 38.1 Å². The van der Waals surface area contributed by atoms with Gasteiger partial charge in [0, 0.05) is 26.3 Å². The molecule has 2 rings (SSSR count). The molecule has 2 aromatic rings. The van der Waals surface area contributed by atoms with E-state index >= 15 is 0 Å². The van der Waals surface area contributed by atoms with Crippen molar-refractivity contribution in [1.29, 1.82) is 0 Å². The molecule has 0 aliphatic heterocycles. The smallest absolute Gasteiger partial charge is 0.191 e.